The molecular formula is C20H19N3O3S. The van der Waals surface area contributed by atoms with E-state index in [0.717, 1.165) is 15.8 Å². The van der Waals surface area contributed by atoms with E-state index in [1.54, 1.807) is 24.3 Å². The highest BCUT2D eigenvalue weighted by molar-refractivity contribution is 7.22. The van der Waals surface area contributed by atoms with Crippen LogP contribution in [0.2, 0.25) is 0 Å². The predicted molar refractivity (Wildman–Crippen MR) is 107 cm³/mol. The minimum Gasteiger partial charge on any atom is -0.326 e. The number of hydrogen-bond donors (Lipinski definition) is 2. The molecule has 7 heteroatoms. The number of aryl methyl sites for hydroxylation is 1. The standard InChI is InChI=1S/C20H19N3O3S/c1-12(24)15-4-3-5-16(11-15)22-19(26)9-7-14-6-8-17-18(10-14)27-20(23-17)21-13(2)25/h3-6,8,10-11H,7,9H2,1-2H3,(H,22,26)(H,21,23,25). The maximum absolute atomic E-state index is 12.2. The molecule has 0 aliphatic carbocycles. The Bertz CT molecular complexity index is 1030. The number of aromatic nitrogens is 1. The normalized spacial score (nSPS) is 10.6. The van der Waals surface area contributed by atoms with Crippen molar-refractivity contribution in [3.05, 3.63) is 53.6 Å². The van der Waals surface area contributed by atoms with Crippen molar-refractivity contribution < 1.29 is 14.4 Å². The molecule has 0 aliphatic heterocycles. The van der Waals surface area contributed by atoms with Crippen molar-refractivity contribution in [2.24, 2.45) is 0 Å². The molecule has 0 unspecified atom stereocenters. The molecule has 3 aromatic rings. The molecule has 1 heterocycles. The van der Waals surface area contributed by atoms with Crippen LogP contribution in [0.5, 0.6) is 0 Å². The smallest absolute Gasteiger partial charge is 0.224 e. The number of carbonyl (C=O) groups excluding carboxylic acids is 3. The Balaban J connectivity index is 1.62. The topological polar surface area (TPSA) is 88.2 Å². The van der Waals surface area contributed by atoms with Crippen molar-refractivity contribution in [3.63, 3.8) is 0 Å². The summed E-state index contributed by atoms with van der Waals surface area (Å²) in [7, 11) is 0. The summed E-state index contributed by atoms with van der Waals surface area (Å²) in [5.41, 5.74) is 3.02. The zero-order valence-electron chi connectivity index (χ0n) is 15.0. The molecule has 27 heavy (non-hydrogen) atoms. The molecule has 0 atom stereocenters. The van der Waals surface area contributed by atoms with Gasteiger partial charge in [-0.2, -0.15) is 0 Å². The van der Waals surface area contributed by atoms with Crippen LogP contribution in [0, 0.1) is 0 Å². The maximum Gasteiger partial charge on any atom is 0.224 e. The minimum absolute atomic E-state index is 0.0393. The molecule has 3 rings (SSSR count). The van der Waals surface area contributed by atoms with Crippen LogP contribution in [-0.4, -0.2) is 22.6 Å². The highest BCUT2D eigenvalue weighted by Crippen LogP contribution is 2.27. The largest absolute Gasteiger partial charge is 0.326 e. The van der Waals surface area contributed by atoms with Gasteiger partial charge in [-0.1, -0.05) is 29.5 Å². The van der Waals surface area contributed by atoms with Gasteiger partial charge in [-0.3, -0.25) is 14.4 Å². The van der Waals surface area contributed by atoms with Gasteiger partial charge in [-0.25, -0.2) is 4.98 Å². The summed E-state index contributed by atoms with van der Waals surface area (Å²) in [5, 5.41) is 6.07. The summed E-state index contributed by atoms with van der Waals surface area (Å²) in [5.74, 6) is -0.304. The predicted octanol–water partition coefficient (Wildman–Crippen LogP) is 4.03. The minimum atomic E-state index is -0.153. The van der Waals surface area contributed by atoms with Gasteiger partial charge in [-0.05, 0) is 43.2 Å². The Kier molecular flexibility index (Phi) is 5.61. The van der Waals surface area contributed by atoms with E-state index in [9.17, 15) is 14.4 Å². The number of hydrogen-bond acceptors (Lipinski definition) is 5. The number of rotatable bonds is 6. The molecule has 0 bridgehead atoms. The third-order valence-electron chi connectivity index (χ3n) is 3.93. The average molecular weight is 381 g/mol. The monoisotopic (exact) mass is 381 g/mol. The summed E-state index contributed by atoms with van der Waals surface area (Å²) in [6.45, 7) is 2.94. The fourth-order valence-electron chi connectivity index (χ4n) is 2.63. The SMILES string of the molecule is CC(=O)Nc1nc2ccc(CCC(=O)Nc3cccc(C(C)=O)c3)cc2s1. The fourth-order valence-corrected chi connectivity index (χ4v) is 3.60. The van der Waals surface area contributed by atoms with Gasteiger partial charge in [0.1, 0.15) is 0 Å². The molecular weight excluding hydrogens is 362 g/mol. The van der Waals surface area contributed by atoms with Crippen molar-refractivity contribution in [2.45, 2.75) is 26.7 Å². The van der Waals surface area contributed by atoms with Crippen molar-refractivity contribution in [1.29, 1.82) is 0 Å². The number of carbonyl (C=O) groups is 3. The van der Waals surface area contributed by atoms with Crippen molar-refractivity contribution in [1.82, 2.24) is 4.98 Å². The van der Waals surface area contributed by atoms with Gasteiger partial charge in [0.2, 0.25) is 11.8 Å². The molecule has 2 amide bonds. The maximum atomic E-state index is 12.2. The summed E-state index contributed by atoms with van der Waals surface area (Å²) >= 11 is 1.41. The number of amides is 2. The molecule has 138 valence electrons. The second-order valence-corrected chi connectivity index (χ2v) is 7.22. The van der Waals surface area contributed by atoms with E-state index in [4.69, 9.17) is 0 Å². The lowest BCUT2D eigenvalue weighted by atomic mass is 10.1. The first-order chi connectivity index (χ1) is 12.9. The van der Waals surface area contributed by atoms with Gasteiger partial charge < -0.3 is 10.6 Å². The molecule has 1 aromatic heterocycles. The molecule has 0 saturated heterocycles. The Morgan fingerprint density at radius 1 is 1.04 bits per heavy atom. The Labute approximate surface area is 160 Å². The molecule has 0 aliphatic rings. The van der Waals surface area contributed by atoms with Gasteiger partial charge in [0.15, 0.2) is 10.9 Å². The number of nitrogens with zero attached hydrogens (tertiary/aromatic N) is 1. The van der Waals surface area contributed by atoms with Gasteiger partial charge in [0, 0.05) is 24.6 Å². The second-order valence-electron chi connectivity index (χ2n) is 6.19. The highest BCUT2D eigenvalue weighted by atomic mass is 32.1. The quantitative estimate of drug-likeness (QED) is 0.631. The van der Waals surface area contributed by atoms with Gasteiger partial charge in [0.25, 0.3) is 0 Å². The van der Waals surface area contributed by atoms with Gasteiger partial charge in [-0.15, -0.1) is 0 Å². The zero-order chi connectivity index (χ0) is 19.4. The summed E-state index contributed by atoms with van der Waals surface area (Å²) in [6.07, 6.45) is 0.911. The number of Topliss-reactive ketones (excluding diaryl/α,β-unsaturated/α-hetero) is 1. The number of thiazole rings is 1. The number of benzene rings is 2. The third kappa shape index (κ3) is 4.98. The summed E-state index contributed by atoms with van der Waals surface area (Å²) in [4.78, 5) is 39.1. The van der Waals surface area contributed by atoms with Crippen LogP contribution in [0.15, 0.2) is 42.5 Å². The van der Waals surface area contributed by atoms with Crippen molar-refractivity contribution >= 4 is 50.0 Å². The Morgan fingerprint density at radius 3 is 2.59 bits per heavy atom. The lowest BCUT2D eigenvalue weighted by Crippen LogP contribution is -2.12. The lowest BCUT2D eigenvalue weighted by Gasteiger charge is -2.06. The highest BCUT2D eigenvalue weighted by Gasteiger charge is 2.08. The number of nitrogens with one attached hydrogen (secondary N) is 2. The molecule has 0 spiro atoms. The van der Waals surface area contributed by atoms with E-state index < -0.39 is 0 Å². The van der Waals surface area contributed by atoms with Crippen LogP contribution < -0.4 is 10.6 Å². The lowest BCUT2D eigenvalue weighted by molar-refractivity contribution is -0.116. The van der Waals surface area contributed by atoms with E-state index in [1.807, 2.05) is 18.2 Å². The molecule has 2 aromatic carbocycles. The number of anilines is 2. The number of fused-ring (bicyclic) bond motifs is 1. The van der Waals surface area contributed by atoms with Crippen LogP contribution in [0.25, 0.3) is 10.2 Å². The van der Waals surface area contributed by atoms with E-state index in [2.05, 4.69) is 15.6 Å². The van der Waals surface area contributed by atoms with E-state index in [1.165, 1.54) is 25.2 Å². The molecule has 0 fully saturated rings. The van der Waals surface area contributed by atoms with E-state index in [0.29, 0.717) is 29.2 Å². The number of ketones is 1. The van der Waals surface area contributed by atoms with Gasteiger partial charge >= 0.3 is 0 Å². The third-order valence-corrected chi connectivity index (χ3v) is 4.86. The summed E-state index contributed by atoms with van der Waals surface area (Å²) < 4.78 is 0.964. The molecule has 0 saturated carbocycles. The van der Waals surface area contributed by atoms with Gasteiger partial charge in [0.05, 0.1) is 10.2 Å². The van der Waals surface area contributed by atoms with Crippen LogP contribution in [-0.2, 0) is 16.0 Å². The second kappa shape index (κ2) is 8.09. The van der Waals surface area contributed by atoms with Crippen LogP contribution >= 0.6 is 11.3 Å². The Hall–Kier alpha value is -3.06. The molecule has 2 N–H and O–H groups in total. The van der Waals surface area contributed by atoms with Crippen molar-refractivity contribution in [3.8, 4) is 0 Å². The van der Waals surface area contributed by atoms with Crippen LogP contribution in [0.4, 0.5) is 10.8 Å². The molecule has 0 radical (unpaired) electrons. The van der Waals surface area contributed by atoms with Crippen LogP contribution in [0.3, 0.4) is 0 Å². The molecule has 6 nitrogen and oxygen atoms in total. The van der Waals surface area contributed by atoms with Crippen molar-refractivity contribution in [2.75, 3.05) is 10.6 Å². The Morgan fingerprint density at radius 2 is 1.85 bits per heavy atom. The van der Waals surface area contributed by atoms with Crippen LogP contribution in [0.1, 0.15) is 36.2 Å². The zero-order valence-corrected chi connectivity index (χ0v) is 15.9. The first-order valence-electron chi connectivity index (χ1n) is 8.48. The first kappa shape index (κ1) is 18.7. The average Bonchev–Trinajstić information content (AvgIpc) is 3.00. The fraction of sp³-hybridized carbons (Fsp3) is 0.200. The van der Waals surface area contributed by atoms with E-state index >= 15 is 0 Å². The first-order valence-corrected chi connectivity index (χ1v) is 9.30. The van der Waals surface area contributed by atoms with E-state index in [-0.39, 0.29) is 17.6 Å². The summed E-state index contributed by atoms with van der Waals surface area (Å²) in [6, 6.07) is 12.7.